The molecule has 1 aromatic heterocycles. The Morgan fingerprint density at radius 1 is 0.917 bits per heavy atom. The molecule has 0 aliphatic carbocycles. The molecule has 6 heteroatoms. The summed E-state index contributed by atoms with van der Waals surface area (Å²) >= 11 is 0. The van der Waals surface area contributed by atoms with Gasteiger partial charge in [-0.2, -0.15) is 0 Å². The number of aryl methyl sites for hydroxylation is 1. The molecule has 0 radical (unpaired) electrons. The fourth-order valence-electron chi connectivity index (χ4n) is 4.14. The zero-order chi connectivity index (χ0) is 24.9. The fourth-order valence-corrected chi connectivity index (χ4v) is 4.14. The summed E-state index contributed by atoms with van der Waals surface area (Å²) < 4.78 is 27.1. The van der Waals surface area contributed by atoms with E-state index >= 15 is 0 Å². The van der Waals surface area contributed by atoms with Gasteiger partial charge >= 0.3 is 5.97 Å². The fraction of sp³-hybridized carbons (Fsp3) is 0.100. The summed E-state index contributed by atoms with van der Waals surface area (Å²) in [6, 6.07) is 27.1. The molecule has 0 aliphatic heterocycles. The number of hydrogen-bond acceptors (Lipinski definition) is 3. The molecule has 5 nitrogen and oxygen atoms in total. The summed E-state index contributed by atoms with van der Waals surface area (Å²) in [5, 5.41) is 12.4. The summed E-state index contributed by atoms with van der Waals surface area (Å²) in [4.78, 5) is 11.8. The van der Waals surface area contributed by atoms with Gasteiger partial charge in [0.1, 0.15) is 17.3 Å². The molecule has 1 N–H and O–H groups in total. The van der Waals surface area contributed by atoms with E-state index in [2.05, 4.69) is 4.57 Å². The van der Waals surface area contributed by atoms with Crippen LogP contribution in [0.3, 0.4) is 0 Å². The van der Waals surface area contributed by atoms with E-state index in [-0.39, 0.29) is 11.6 Å². The number of ether oxygens (including phenoxy) is 2. The average Bonchev–Trinajstić information content (AvgIpc) is 3.29. The molecule has 0 bridgehead atoms. The maximum atomic E-state index is 13.4. The number of benzene rings is 4. The summed E-state index contributed by atoms with van der Waals surface area (Å²) in [5.74, 6) is -0.374. The van der Waals surface area contributed by atoms with Crippen molar-refractivity contribution in [2.45, 2.75) is 13.0 Å². The third kappa shape index (κ3) is 5.23. The molecule has 0 fully saturated rings. The van der Waals surface area contributed by atoms with E-state index in [0.29, 0.717) is 23.7 Å². The molecule has 0 aliphatic rings. The van der Waals surface area contributed by atoms with E-state index in [0.717, 1.165) is 34.6 Å². The standard InChI is InChI=1S/C30H24FNO4/c31-24-11-14-27-23(20-24)15-17-32(27)16-4-18-35-25-12-9-21(10-13-25)19-29(30(33)34)36-28-8-3-6-22-5-1-2-7-26(22)28/h1-3,5-15,17,19-20H,4,16,18H2,(H,33,34)/b29-19-. The number of carbonyl (C=O) groups is 1. The SMILES string of the molecule is O=C(O)/C(=C/c1ccc(OCCCn2ccc3cc(F)ccc32)cc1)Oc1cccc2ccccc12. The summed E-state index contributed by atoms with van der Waals surface area (Å²) in [5.41, 5.74) is 1.68. The Kier molecular flexibility index (Phi) is 6.67. The molecule has 36 heavy (non-hydrogen) atoms. The van der Waals surface area contributed by atoms with Crippen LogP contribution in [0.25, 0.3) is 27.8 Å². The van der Waals surface area contributed by atoms with Crippen molar-refractivity contribution in [2.24, 2.45) is 0 Å². The Hall–Kier alpha value is -4.58. The summed E-state index contributed by atoms with van der Waals surface area (Å²) in [6.07, 6.45) is 4.23. The quantitative estimate of drug-likeness (QED) is 0.141. The van der Waals surface area contributed by atoms with Crippen LogP contribution in [-0.4, -0.2) is 22.2 Å². The highest BCUT2D eigenvalue weighted by atomic mass is 19.1. The van der Waals surface area contributed by atoms with Crippen LogP contribution in [0.5, 0.6) is 11.5 Å². The maximum Gasteiger partial charge on any atom is 0.371 e. The Morgan fingerprint density at radius 2 is 1.72 bits per heavy atom. The second-order valence-corrected chi connectivity index (χ2v) is 8.38. The van der Waals surface area contributed by atoms with Gasteiger partial charge in [-0.25, -0.2) is 9.18 Å². The van der Waals surface area contributed by atoms with Crippen molar-refractivity contribution in [3.8, 4) is 11.5 Å². The lowest BCUT2D eigenvalue weighted by Gasteiger charge is -2.10. The van der Waals surface area contributed by atoms with Gasteiger partial charge < -0.3 is 19.1 Å². The molecule has 180 valence electrons. The van der Waals surface area contributed by atoms with Gasteiger partial charge in [-0.15, -0.1) is 0 Å². The van der Waals surface area contributed by atoms with Gasteiger partial charge in [-0.3, -0.25) is 0 Å². The van der Waals surface area contributed by atoms with Gasteiger partial charge in [-0.1, -0.05) is 48.5 Å². The highest BCUT2D eigenvalue weighted by Crippen LogP contribution is 2.27. The van der Waals surface area contributed by atoms with Crippen LogP contribution >= 0.6 is 0 Å². The Morgan fingerprint density at radius 3 is 2.56 bits per heavy atom. The molecule has 5 rings (SSSR count). The summed E-state index contributed by atoms with van der Waals surface area (Å²) in [6.45, 7) is 1.27. The molecular formula is C30H24FNO4. The average molecular weight is 482 g/mol. The molecule has 0 atom stereocenters. The van der Waals surface area contributed by atoms with Gasteiger partial charge in [0.15, 0.2) is 0 Å². The Bertz CT molecular complexity index is 1550. The highest BCUT2D eigenvalue weighted by molar-refractivity contribution is 5.93. The van der Waals surface area contributed by atoms with E-state index in [1.807, 2.05) is 48.7 Å². The highest BCUT2D eigenvalue weighted by Gasteiger charge is 2.12. The third-order valence-corrected chi connectivity index (χ3v) is 5.90. The smallest absolute Gasteiger partial charge is 0.371 e. The number of hydrogen-bond donors (Lipinski definition) is 1. The van der Waals surface area contributed by atoms with Crippen LogP contribution < -0.4 is 9.47 Å². The van der Waals surface area contributed by atoms with Crippen molar-refractivity contribution in [1.82, 2.24) is 4.57 Å². The first-order valence-electron chi connectivity index (χ1n) is 11.6. The number of nitrogens with zero attached hydrogens (tertiary/aromatic N) is 1. The van der Waals surface area contributed by atoms with E-state index in [1.54, 1.807) is 36.4 Å². The van der Waals surface area contributed by atoms with Gasteiger partial charge in [-0.05, 0) is 65.9 Å². The molecule has 0 unspecified atom stereocenters. The minimum Gasteiger partial charge on any atom is -0.494 e. The zero-order valence-electron chi connectivity index (χ0n) is 19.4. The lowest BCUT2D eigenvalue weighted by molar-refractivity contribution is -0.134. The lowest BCUT2D eigenvalue weighted by atomic mass is 10.1. The van der Waals surface area contributed by atoms with Crippen LogP contribution in [0.2, 0.25) is 0 Å². The van der Waals surface area contributed by atoms with Crippen molar-refractivity contribution in [1.29, 1.82) is 0 Å². The first-order chi connectivity index (χ1) is 17.6. The predicted octanol–water partition coefficient (Wildman–Crippen LogP) is 6.91. The van der Waals surface area contributed by atoms with Crippen LogP contribution in [0.15, 0.2) is 103 Å². The molecule has 5 aromatic rings. The van der Waals surface area contributed by atoms with Gasteiger partial charge in [0.25, 0.3) is 0 Å². The van der Waals surface area contributed by atoms with Crippen molar-refractivity contribution in [2.75, 3.05) is 6.61 Å². The number of aromatic nitrogens is 1. The lowest BCUT2D eigenvalue weighted by Crippen LogP contribution is -2.08. The first kappa shape index (κ1) is 23.2. The van der Waals surface area contributed by atoms with Crippen LogP contribution in [0, 0.1) is 5.82 Å². The topological polar surface area (TPSA) is 60.7 Å². The Balaban J connectivity index is 1.20. The third-order valence-electron chi connectivity index (χ3n) is 5.90. The van der Waals surface area contributed by atoms with Gasteiger partial charge in [0.2, 0.25) is 5.76 Å². The van der Waals surface area contributed by atoms with E-state index < -0.39 is 5.97 Å². The van der Waals surface area contributed by atoms with Crippen molar-refractivity contribution in [3.63, 3.8) is 0 Å². The molecule has 0 saturated heterocycles. The minimum absolute atomic E-state index is 0.168. The number of halogens is 1. The largest absolute Gasteiger partial charge is 0.494 e. The molecule has 4 aromatic carbocycles. The first-order valence-corrected chi connectivity index (χ1v) is 11.6. The number of carboxylic acid groups (broad SMARTS) is 1. The molecule has 0 spiro atoms. The van der Waals surface area contributed by atoms with E-state index in [9.17, 15) is 14.3 Å². The van der Waals surface area contributed by atoms with Crippen molar-refractivity contribution in [3.05, 3.63) is 114 Å². The number of carboxylic acids is 1. The maximum absolute atomic E-state index is 13.4. The van der Waals surface area contributed by atoms with E-state index in [1.165, 1.54) is 18.2 Å². The zero-order valence-corrected chi connectivity index (χ0v) is 19.4. The molecule has 1 heterocycles. The number of fused-ring (bicyclic) bond motifs is 2. The number of rotatable bonds is 9. The Labute approximate surface area is 207 Å². The van der Waals surface area contributed by atoms with Crippen LogP contribution in [-0.2, 0) is 11.3 Å². The molecule has 0 amide bonds. The second kappa shape index (κ2) is 10.4. The predicted molar refractivity (Wildman–Crippen MR) is 139 cm³/mol. The number of aliphatic carboxylic acids is 1. The van der Waals surface area contributed by atoms with Gasteiger partial charge in [0.05, 0.1) is 6.61 Å². The normalized spacial score (nSPS) is 11.6. The van der Waals surface area contributed by atoms with Crippen LogP contribution in [0.1, 0.15) is 12.0 Å². The van der Waals surface area contributed by atoms with E-state index in [4.69, 9.17) is 9.47 Å². The van der Waals surface area contributed by atoms with Crippen molar-refractivity contribution < 1.29 is 23.8 Å². The second-order valence-electron chi connectivity index (χ2n) is 8.38. The minimum atomic E-state index is -1.15. The monoisotopic (exact) mass is 481 g/mol. The van der Waals surface area contributed by atoms with Crippen molar-refractivity contribution >= 4 is 33.7 Å². The molecular weight excluding hydrogens is 457 g/mol. The molecule has 0 saturated carbocycles. The van der Waals surface area contributed by atoms with Gasteiger partial charge in [0, 0.05) is 29.0 Å². The summed E-state index contributed by atoms with van der Waals surface area (Å²) in [7, 11) is 0. The van der Waals surface area contributed by atoms with Crippen LogP contribution in [0.4, 0.5) is 4.39 Å².